The molecule has 0 saturated heterocycles. The zero-order valence-corrected chi connectivity index (χ0v) is 10.5. The normalized spacial score (nSPS) is 10.4. The SMILES string of the molecule is Cc1cccc[n+]1CCCCCCBr. The van der Waals surface area contributed by atoms with Gasteiger partial charge in [0.15, 0.2) is 11.9 Å². The molecule has 1 aromatic heterocycles. The number of hydrogen-bond acceptors (Lipinski definition) is 0. The van der Waals surface area contributed by atoms with Gasteiger partial charge in [-0.2, -0.15) is 0 Å². The van der Waals surface area contributed by atoms with Crippen molar-refractivity contribution in [1.29, 1.82) is 0 Å². The largest absolute Gasteiger partial charge is 0.203 e. The molecule has 0 bridgehead atoms. The van der Waals surface area contributed by atoms with Gasteiger partial charge in [-0.3, -0.25) is 0 Å². The van der Waals surface area contributed by atoms with Crippen LogP contribution in [0, 0.1) is 6.92 Å². The Balaban J connectivity index is 2.21. The van der Waals surface area contributed by atoms with Gasteiger partial charge in [0, 0.05) is 30.8 Å². The lowest BCUT2D eigenvalue weighted by Crippen LogP contribution is -2.36. The number of aromatic nitrogens is 1. The zero-order valence-electron chi connectivity index (χ0n) is 8.88. The predicted octanol–water partition coefficient (Wildman–Crippen LogP) is 3.24. The molecule has 14 heavy (non-hydrogen) atoms. The van der Waals surface area contributed by atoms with Crippen LogP contribution in [0.2, 0.25) is 0 Å². The topological polar surface area (TPSA) is 3.88 Å². The lowest BCUT2D eigenvalue weighted by atomic mass is 10.2. The summed E-state index contributed by atoms with van der Waals surface area (Å²) in [6, 6.07) is 6.36. The van der Waals surface area contributed by atoms with Crippen molar-refractivity contribution >= 4 is 15.9 Å². The number of alkyl halides is 1. The fourth-order valence-electron chi connectivity index (χ4n) is 1.54. The Morgan fingerprint density at radius 3 is 2.64 bits per heavy atom. The first-order valence-corrected chi connectivity index (χ1v) is 6.48. The Bertz CT molecular complexity index is 260. The maximum Gasteiger partial charge on any atom is 0.178 e. The Kier molecular flexibility index (Phi) is 5.85. The first-order valence-electron chi connectivity index (χ1n) is 5.35. The van der Waals surface area contributed by atoms with Crippen LogP contribution in [-0.2, 0) is 6.54 Å². The minimum absolute atomic E-state index is 1.14. The molecule has 0 spiro atoms. The maximum atomic E-state index is 3.45. The van der Waals surface area contributed by atoms with Crippen molar-refractivity contribution in [3.8, 4) is 0 Å². The lowest BCUT2D eigenvalue weighted by Gasteiger charge is -1.99. The fourth-order valence-corrected chi connectivity index (χ4v) is 1.94. The van der Waals surface area contributed by atoms with Crippen LogP contribution in [0.5, 0.6) is 0 Å². The van der Waals surface area contributed by atoms with Crippen LogP contribution in [0.25, 0.3) is 0 Å². The van der Waals surface area contributed by atoms with E-state index in [1.807, 2.05) is 0 Å². The third-order valence-electron chi connectivity index (χ3n) is 2.45. The van der Waals surface area contributed by atoms with Crippen LogP contribution < -0.4 is 4.57 Å². The van der Waals surface area contributed by atoms with Crippen LogP contribution in [0.1, 0.15) is 31.4 Å². The number of rotatable bonds is 6. The van der Waals surface area contributed by atoms with E-state index in [9.17, 15) is 0 Å². The van der Waals surface area contributed by atoms with E-state index in [4.69, 9.17) is 0 Å². The summed E-state index contributed by atoms with van der Waals surface area (Å²) in [7, 11) is 0. The van der Waals surface area contributed by atoms with Gasteiger partial charge in [0.05, 0.1) is 0 Å². The van der Waals surface area contributed by atoms with Crippen molar-refractivity contribution in [2.24, 2.45) is 0 Å². The van der Waals surface area contributed by atoms with Crippen molar-refractivity contribution < 1.29 is 4.57 Å². The molecule has 0 aromatic carbocycles. The van der Waals surface area contributed by atoms with E-state index in [2.05, 4.69) is 51.8 Å². The summed E-state index contributed by atoms with van der Waals surface area (Å²) < 4.78 is 2.33. The van der Waals surface area contributed by atoms with E-state index in [0.29, 0.717) is 0 Å². The van der Waals surface area contributed by atoms with E-state index < -0.39 is 0 Å². The van der Waals surface area contributed by atoms with Gasteiger partial charge in [-0.15, -0.1) is 0 Å². The van der Waals surface area contributed by atoms with E-state index >= 15 is 0 Å². The molecule has 0 aliphatic rings. The molecular weight excluding hydrogens is 238 g/mol. The van der Waals surface area contributed by atoms with E-state index in [1.165, 1.54) is 31.4 Å². The summed E-state index contributed by atoms with van der Waals surface area (Å²) in [6.45, 7) is 3.33. The summed E-state index contributed by atoms with van der Waals surface area (Å²) in [5.41, 5.74) is 1.35. The van der Waals surface area contributed by atoms with Gasteiger partial charge >= 0.3 is 0 Å². The molecule has 0 N–H and O–H groups in total. The standard InChI is InChI=1S/C12H19BrN/c1-12-8-4-7-11-14(12)10-6-3-2-5-9-13/h4,7-8,11H,2-3,5-6,9-10H2,1H3/q+1. The van der Waals surface area contributed by atoms with Crippen LogP contribution in [0.4, 0.5) is 0 Å². The van der Waals surface area contributed by atoms with Gasteiger partial charge in [-0.05, 0) is 12.8 Å². The van der Waals surface area contributed by atoms with Crippen LogP contribution in [0.3, 0.4) is 0 Å². The van der Waals surface area contributed by atoms with Gasteiger partial charge in [-0.25, -0.2) is 4.57 Å². The Hall–Kier alpha value is -0.370. The molecule has 0 unspecified atom stereocenters. The predicted molar refractivity (Wildman–Crippen MR) is 63.6 cm³/mol. The highest BCUT2D eigenvalue weighted by Crippen LogP contribution is 2.02. The van der Waals surface area contributed by atoms with Crippen molar-refractivity contribution in [3.05, 3.63) is 30.1 Å². The Morgan fingerprint density at radius 1 is 1.14 bits per heavy atom. The zero-order chi connectivity index (χ0) is 10.2. The second-order valence-electron chi connectivity index (χ2n) is 3.64. The number of nitrogens with zero attached hydrogens (tertiary/aromatic N) is 1. The van der Waals surface area contributed by atoms with Gasteiger partial charge in [0.1, 0.15) is 6.54 Å². The van der Waals surface area contributed by atoms with E-state index in [-0.39, 0.29) is 0 Å². The molecule has 0 saturated carbocycles. The molecule has 0 aliphatic carbocycles. The summed E-state index contributed by atoms with van der Waals surface area (Å²) in [4.78, 5) is 0. The smallest absolute Gasteiger partial charge is 0.178 e. The summed E-state index contributed by atoms with van der Waals surface area (Å²) in [6.07, 6.45) is 7.45. The molecule has 2 heteroatoms. The second kappa shape index (κ2) is 6.99. The van der Waals surface area contributed by atoms with Gasteiger partial charge in [0.2, 0.25) is 0 Å². The molecule has 0 aliphatic heterocycles. The van der Waals surface area contributed by atoms with Gasteiger partial charge < -0.3 is 0 Å². The number of aryl methyl sites for hydroxylation is 2. The highest BCUT2D eigenvalue weighted by Gasteiger charge is 2.02. The third-order valence-corrected chi connectivity index (χ3v) is 3.01. The molecule has 78 valence electrons. The maximum absolute atomic E-state index is 3.45. The summed E-state index contributed by atoms with van der Waals surface area (Å²) >= 11 is 3.45. The third kappa shape index (κ3) is 4.23. The number of pyridine rings is 1. The van der Waals surface area contributed by atoms with E-state index in [0.717, 1.165) is 11.9 Å². The number of halogens is 1. The molecule has 1 heterocycles. The minimum atomic E-state index is 1.14. The number of unbranched alkanes of at least 4 members (excludes halogenated alkanes) is 3. The monoisotopic (exact) mass is 256 g/mol. The average Bonchev–Trinajstić information content (AvgIpc) is 2.20. The van der Waals surface area contributed by atoms with Crippen LogP contribution in [-0.4, -0.2) is 5.33 Å². The van der Waals surface area contributed by atoms with Gasteiger partial charge in [0.25, 0.3) is 0 Å². The molecule has 0 fully saturated rings. The quantitative estimate of drug-likeness (QED) is 0.418. The lowest BCUT2D eigenvalue weighted by molar-refractivity contribution is -0.703. The van der Waals surface area contributed by atoms with Gasteiger partial charge in [-0.1, -0.05) is 28.4 Å². The number of hydrogen-bond donors (Lipinski definition) is 0. The second-order valence-corrected chi connectivity index (χ2v) is 4.43. The first-order chi connectivity index (χ1) is 6.84. The Labute approximate surface area is 95.3 Å². The molecule has 0 radical (unpaired) electrons. The summed E-state index contributed by atoms with van der Waals surface area (Å²) in [5, 5.41) is 1.14. The molecule has 0 amide bonds. The summed E-state index contributed by atoms with van der Waals surface area (Å²) in [5.74, 6) is 0. The van der Waals surface area contributed by atoms with Crippen LogP contribution in [0.15, 0.2) is 24.4 Å². The van der Waals surface area contributed by atoms with Crippen molar-refractivity contribution in [2.45, 2.75) is 39.2 Å². The molecule has 1 rings (SSSR count). The fraction of sp³-hybridized carbons (Fsp3) is 0.583. The van der Waals surface area contributed by atoms with Crippen molar-refractivity contribution in [2.75, 3.05) is 5.33 Å². The highest BCUT2D eigenvalue weighted by molar-refractivity contribution is 9.09. The molecule has 0 atom stereocenters. The highest BCUT2D eigenvalue weighted by atomic mass is 79.9. The Morgan fingerprint density at radius 2 is 1.93 bits per heavy atom. The van der Waals surface area contributed by atoms with Crippen molar-refractivity contribution in [1.82, 2.24) is 0 Å². The molecule has 1 aromatic rings. The average molecular weight is 257 g/mol. The van der Waals surface area contributed by atoms with Crippen LogP contribution >= 0.6 is 15.9 Å². The van der Waals surface area contributed by atoms with E-state index in [1.54, 1.807) is 0 Å². The van der Waals surface area contributed by atoms with Crippen molar-refractivity contribution in [3.63, 3.8) is 0 Å². The molecular formula is C12H19BrN+. The first kappa shape index (κ1) is 11.7. The minimum Gasteiger partial charge on any atom is -0.203 e. The molecule has 1 nitrogen and oxygen atoms in total.